The number of carbonyl (C=O) groups excluding carboxylic acids is 1. The molecule has 1 aromatic rings. The molecule has 1 fully saturated rings. The molecule has 0 aliphatic carbocycles. The first-order chi connectivity index (χ1) is 12.7. The third-order valence-corrected chi connectivity index (χ3v) is 4.57. The highest BCUT2D eigenvalue weighted by atomic mass is 127. The van der Waals surface area contributed by atoms with E-state index in [2.05, 4.69) is 32.5 Å². The van der Waals surface area contributed by atoms with E-state index in [4.69, 9.17) is 5.73 Å². The first-order valence-corrected chi connectivity index (χ1v) is 9.70. The number of likely N-dealkylation sites (tertiary alicyclic amines) is 1. The van der Waals surface area contributed by atoms with Gasteiger partial charge in [-0.25, -0.2) is 0 Å². The SMILES string of the molecule is CCNC(=NCCCn1cccn1)NCCCN1CCCC(C(N)=O)C1.I. The number of aliphatic imine (C=N–C) groups is 1. The highest BCUT2D eigenvalue weighted by Gasteiger charge is 2.23. The van der Waals surface area contributed by atoms with Gasteiger partial charge in [0.25, 0.3) is 0 Å². The Kier molecular flexibility index (Phi) is 12.1. The second kappa shape index (κ2) is 13.8. The molecular weight excluding hydrogens is 457 g/mol. The Morgan fingerprint density at radius 1 is 1.33 bits per heavy atom. The summed E-state index contributed by atoms with van der Waals surface area (Å²) in [4.78, 5) is 18.3. The number of rotatable bonds is 10. The van der Waals surface area contributed by atoms with Gasteiger partial charge >= 0.3 is 0 Å². The van der Waals surface area contributed by atoms with Crippen molar-refractivity contribution >= 4 is 35.8 Å². The third kappa shape index (κ3) is 9.41. The molecule has 0 radical (unpaired) electrons. The van der Waals surface area contributed by atoms with Gasteiger partial charge < -0.3 is 21.3 Å². The van der Waals surface area contributed by atoms with Gasteiger partial charge in [0.2, 0.25) is 5.91 Å². The predicted octanol–water partition coefficient (Wildman–Crippen LogP) is 1.03. The van der Waals surface area contributed by atoms with Crippen LogP contribution in [0, 0.1) is 5.92 Å². The molecule has 2 rings (SSSR count). The molecule has 2 heterocycles. The normalized spacial score (nSPS) is 18.0. The standard InChI is InChI=1S/C18H33N7O.HI/c1-2-20-18(22-9-5-13-25-14-6-10-23-25)21-8-4-12-24-11-3-7-16(15-24)17(19)26;/h6,10,14,16H,2-5,7-9,11-13,15H2,1H3,(H2,19,26)(H2,20,21,22);1H. The minimum absolute atomic E-state index is 0. The number of hydrogen-bond donors (Lipinski definition) is 3. The maximum Gasteiger partial charge on any atom is 0.221 e. The molecule has 8 nitrogen and oxygen atoms in total. The number of nitrogens with zero attached hydrogens (tertiary/aromatic N) is 4. The average molecular weight is 491 g/mol. The zero-order valence-electron chi connectivity index (χ0n) is 16.3. The van der Waals surface area contributed by atoms with Gasteiger partial charge in [-0.3, -0.25) is 14.5 Å². The molecule has 1 aromatic heterocycles. The van der Waals surface area contributed by atoms with E-state index in [0.717, 1.165) is 77.5 Å². The van der Waals surface area contributed by atoms with E-state index in [0.29, 0.717) is 0 Å². The lowest BCUT2D eigenvalue weighted by Gasteiger charge is -2.31. The quantitative estimate of drug-likeness (QED) is 0.197. The maximum absolute atomic E-state index is 11.3. The van der Waals surface area contributed by atoms with Gasteiger partial charge in [0, 0.05) is 45.1 Å². The second-order valence-electron chi connectivity index (χ2n) is 6.71. The molecule has 0 saturated carbocycles. The lowest BCUT2D eigenvalue weighted by molar-refractivity contribution is -0.123. The minimum atomic E-state index is -0.162. The van der Waals surface area contributed by atoms with Gasteiger partial charge in [-0.1, -0.05) is 0 Å². The van der Waals surface area contributed by atoms with E-state index in [1.165, 1.54) is 0 Å². The Labute approximate surface area is 179 Å². The number of carbonyl (C=O) groups is 1. The van der Waals surface area contributed by atoms with Crippen LogP contribution < -0.4 is 16.4 Å². The molecule has 4 N–H and O–H groups in total. The molecule has 1 amide bonds. The van der Waals surface area contributed by atoms with Crippen molar-refractivity contribution in [3.05, 3.63) is 18.5 Å². The first-order valence-electron chi connectivity index (χ1n) is 9.70. The Morgan fingerprint density at radius 2 is 2.19 bits per heavy atom. The van der Waals surface area contributed by atoms with Crippen molar-refractivity contribution in [2.45, 2.75) is 39.2 Å². The fourth-order valence-electron chi connectivity index (χ4n) is 3.20. The first kappa shape index (κ1) is 23.7. The van der Waals surface area contributed by atoms with Gasteiger partial charge in [-0.15, -0.1) is 24.0 Å². The maximum atomic E-state index is 11.3. The molecule has 1 aliphatic rings. The Balaban J connectivity index is 0.00000364. The van der Waals surface area contributed by atoms with Crippen LogP contribution in [0.4, 0.5) is 0 Å². The second-order valence-corrected chi connectivity index (χ2v) is 6.71. The molecule has 0 aromatic carbocycles. The monoisotopic (exact) mass is 491 g/mol. The van der Waals surface area contributed by atoms with Gasteiger partial charge in [0.15, 0.2) is 5.96 Å². The predicted molar refractivity (Wildman–Crippen MR) is 119 cm³/mol. The summed E-state index contributed by atoms with van der Waals surface area (Å²) < 4.78 is 1.92. The zero-order valence-corrected chi connectivity index (χ0v) is 18.6. The fourth-order valence-corrected chi connectivity index (χ4v) is 3.20. The summed E-state index contributed by atoms with van der Waals surface area (Å²) in [5, 5.41) is 10.9. The molecule has 1 saturated heterocycles. The van der Waals surface area contributed by atoms with Crippen LogP contribution in [-0.2, 0) is 11.3 Å². The van der Waals surface area contributed by atoms with Crippen molar-refractivity contribution in [2.24, 2.45) is 16.6 Å². The van der Waals surface area contributed by atoms with Crippen molar-refractivity contribution in [3.8, 4) is 0 Å². The number of nitrogens with one attached hydrogen (secondary N) is 2. The number of halogens is 1. The average Bonchev–Trinajstić information content (AvgIpc) is 3.16. The summed E-state index contributed by atoms with van der Waals surface area (Å²) in [7, 11) is 0. The molecule has 0 bridgehead atoms. The molecule has 9 heteroatoms. The summed E-state index contributed by atoms with van der Waals surface area (Å²) in [6, 6.07) is 1.93. The van der Waals surface area contributed by atoms with Gasteiger partial charge in [-0.05, 0) is 51.8 Å². The summed E-state index contributed by atoms with van der Waals surface area (Å²) in [6.07, 6.45) is 7.73. The van der Waals surface area contributed by atoms with Crippen LogP contribution >= 0.6 is 24.0 Å². The molecule has 27 heavy (non-hydrogen) atoms. The number of hydrogen-bond acceptors (Lipinski definition) is 4. The largest absolute Gasteiger partial charge is 0.369 e. The number of nitrogens with two attached hydrogens (primary N) is 1. The number of aromatic nitrogens is 2. The number of guanidine groups is 1. The van der Waals surface area contributed by atoms with Gasteiger partial charge in [0.1, 0.15) is 0 Å². The van der Waals surface area contributed by atoms with E-state index >= 15 is 0 Å². The molecule has 154 valence electrons. The minimum Gasteiger partial charge on any atom is -0.369 e. The number of amides is 1. The van der Waals surface area contributed by atoms with Crippen LogP contribution in [0.1, 0.15) is 32.6 Å². The molecule has 1 unspecified atom stereocenters. The van der Waals surface area contributed by atoms with E-state index < -0.39 is 0 Å². The van der Waals surface area contributed by atoms with Crippen molar-refractivity contribution < 1.29 is 4.79 Å². The summed E-state index contributed by atoms with van der Waals surface area (Å²) in [5.41, 5.74) is 5.44. The van der Waals surface area contributed by atoms with Gasteiger partial charge in [-0.2, -0.15) is 5.10 Å². The van der Waals surface area contributed by atoms with Crippen molar-refractivity contribution in [2.75, 3.05) is 39.3 Å². The van der Waals surface area contributed by atoms with Crippen molar-refractivity contribution in [3.63, 3.8) is 0 Å². The van der Waals surface area contributed by atoms with Crippen LogP contribution in [0.5, 0.6) is 0 Å². The lowest BCUT2D eigenvalue weighted by atomic mass is 9.97. The highest BCUT2D eigenvalue weighted by Crippen LogP contribution is 2.15. The van der Waals surface area contributed by atoms with Crippen LogP contribution in [0.15, 0.2) is 23.5 Å². The zero-order chi connectivity index (χ0) is 18.6. The Morgan fingerprint density at radius 3 is 2.89 bits per heavy atom. The summed E-state index contributed by atoms with van der Waals surface area (Å²) in [6.45, 7) is 8.27. The molecule has 0 spiro atoms. The van der Waals surface area contributed by atoms with Crippen LogP contribution in [0.2, 0.25) is 0 Å². The van der Waals surface area contributed by atoms with Crippen LogP contribution in [0.25, 0.3) is 0 Å². The fraction of sp³-hybridized carbons (Fsp3) is 0.722. The molecular formula is C18H34IN7O. The topological polar surface area (TPSA) is 101 Å². The van der Waals surface area contributed by atoms with E-state index in [9.17, 15) is 4.79 Å². The third-order valence-electron chi connectivity index (χ3n) is 4.57. The van der Waals surface area contributed by atoms with Crippen molar-refractivity contribution in [1.82, 2.24) is 25.3 Å². The van der Waals surface area contributed by atoms with Crippen LogP contribution in [0.3, 0.4) is 0 Å². The summed E-state index contributed by atoms with van der Waals surface area (Å²) >= 11 is 0. The van der Waals surface area contributed by atoms with E-state index in [1.54, 1.807) is 6.20 Å². The van der Waals surface area contributed by atoms with Crippen LogP contribution in [-0.4, -0.2) is 65.8 Å². The van der Waals surface area contributed by atoms with Crippen molar-refractivity contribution in [1.29, 1.82) is 0 Å². The number of primary amides is 1. The molecule has 1 aliphatic heterocycles. The van der Waals surface area contributed by atoms with E-state index in [-0.39, 0.29) is 35.8 Å². The van der Waals surface area contributed by atoms with Gasteiger partial charge in [0.05, 0.1) is 5.92 Å². The number of piperidine rings is 1. The lowest BCUT2D eigenvalue weighted by Crippen LogP contribution is -2.43. The summed E-state index contributed by atoms with van der Waals surface area (Å²) in [5.74, 6) is 0.719. The Bertz CT molecular complexity index is 550. The van der Waals surface area contributed by atoms with E-state index in [1.807, 2.05) is 16.9 Å². The smallest absolute Gasteiger partial charge is 0.221 e. The highest BCUT2D eigenvalue weighted by molar-refractivity contribution is 14.0. The Hall–Kier alpha value is -1.36. The number of aryl methyl sites for hydroxylation is 1. The molecule has 1 atom stereocenters.